The van der Waals surface area contributed by atoms with Crippen LogP contribution >= 0.6 is 12.6 Å². The number of rotatable bonds is 2. The Kier molecular flexibility index (Phi) is 4.54. The Morgan fingerprint density at radius 2 is 1.86 bits per heavy atom. The van der Waals surface area contributed by atoms with Gasteiger partial charge in [-0.2, -0.15) is 0 Å². The second kappa shape index (κ2) is 6.40. The van der Waals surface area contributed by atoms with Crippen LogP contribution in [0.2, 0.25) is 0 Å². The number of hydrogen-bond acceptors (Lipinski definition) is 5. The molecule has 21 heavy (non-hydrogen) atoms. The second-order valence-electron chi connectivity index (χ2n) is 5.91. The molecule has 0 spiro atoms. The SMILES string of the molecule is CC(=O)N1CCC(c2nc(C3CCOCC3)oc2S)CC1. The average molecular weight is 310 g/mol. The first kappa shape index (κ1) is 14.9. The van der Waals surface area contributed by atoms with Gasteiger partial charge in [0.15, 0.2) is 11.0 Å². The highest BCUT2D eigenvalue weighted by molar-refractivity contribution is 7.80. The van der Waals surface area contributed by atoms with E-state index in [9.17, 15) is 4.79 Å². The van der Waals surface area contributed by atoms with Gasteiger partial charge in [0.05, 0.1) is 5.69 Å². The van der Waals surface area contributed by atoms with Crippen molar-refractivity contribution in [1.29, 1.82) is 0 Å². The number of nitrogens with zero attached hydrogens (tertiary/aromatic N) is 2. The molecule has 0 bridgehead atoms. The van der Waals surface area contributed by atoms with Crippen LogP contribution in [-0.2, 0) is 9.53 Å². The summed E-state index contributed by atoms with van der Waals surface area (Å²) in [6.45, 7) is 4.78. The molecule has 3 heterocycles. The van der Waals surface area contributed by atoms with Crippen molar-refractivity contribution in [2.75, 3.05) is 26.3 Å². The summed E-state index contributed by atoms with van der Waals surface area (Å²) in [5.74, 6) is 1.68. The number of amides is 1. The molecular formula is C15H22N2O3S. The number of piperidine rings is 1. The predicted octanol–water partition coefficient (Wildman–Crippen LogP) is 2.58. The molecule has 0 aliphatic carbocycles. The third-order valence-corrected chi connectivity index (χ3v) is 4.87. The minimum Gasteiger partial charge on any atom is -0.434 e. The summed E-state index contributed by atoms with van der Waals surface area (Å²) in [7, 11) is 0. The number of hydrogen-bond donors (Lipinski definition) is 1. The first-order chi connectivity index (χ1) is 10.1. The number of likely N-dealkylation sites (tertiary alicyclic amines) is 1. The lowest BCUT2D eigenvalue weighted by Crippen LogP contribution is -2.36. The van der Waals surface area contributed by atoms with Crippen LogP contribution in [0.3, 0.4) is 0 Å². The molecule has 116 valence electrons. The van der Waals surface area contributed by atoms with Gasteiger partial charge < -0.3 is 14.1 Å². The summed E-state index contributed by atoms with van der Waals surface area (Å²) in [5, 5.41) is 0.651. The molecule has 2 aliphatic rings. The summed E-state index contributed by atoms with van der Waals surface area (Å²) in [6.07, 6.45) is 3.81. The second-order valence-corrected chi connectivity index (χ2v) is 6.32. The monoisotopic (exact) mass is 310 g/mol. The lowest BCUT2D eigenvalue weighted by atomic mass is 9.94. The number of carbonyl (C=O) groups is 1. The Hall–Kier alpha value is -1.01. The van der Waals surface area contributed by atoms with Crippen LogP contribution in [0.25, 0.3) is 0 Å². The van der Waals surface area contributed by atoms with E-state index in [1.807, 2.05) is 4.90 Å². The molecule has 0 radical (unpaired) electrons. The van der Waals surface area contributed by atoms with Crippen LogP contribution in [0.5, 0.6) is 0 Å². The van der Waals surface area contributed by atoms with Gasteiger partial charge in [0.2, 0.25) is 5.91 Å². The topological polar surface area (TPSA) is 55.6 Å². The maximum absolute atomic E-state index is 11.4. The standard InChI is InChI=1S/C15H22N2O3S/c1-10(18)17-6-2-11(3-7-17)13-15(21)20-14(16-13)12-4-8-19-9-5-12/h11-12,21H,2-9H2,1H3. The van der Waals surface area contributed by atoms with Crippen molar-refractivity contribution in [1.82, 2.24) is 9.88 Å². The van der Waals surface area contributed by atoms with Crippen LogP contribution in [0.4, 0.5) is 0 Å². The average Bonchev–Trinajstić information content (AvgIpc) is 2.90. The molecule has 0 saturated carbocycles. The number of carbonyl (C=O) groups excluding carboxylic acids is 1. The maximum Gasteiger partial charge on any atom is 0.219 e. The molecule has 6 heteroatoms. The van der Waals surface area contributed by atoms with Gasteiger partial charge in [0.25, 0.3) is 0 Å². The molecule has 1 aromatic heterocycles. The Labute approximate surface area is 130 Å². The van der Waals surface area contributed by atoms with Crippen molar-refractivity contribution in [3.05, 3.63) is 11.6 Å². The van der Waals surface area contributed by atoms with Crippen molar-refractivity contribution >= 4 is 18.5 Å². The predicted molar refractivity (Wildman–Crippen MR) is 80.8 cm³/mol. The third kappa shape index (κ3) is 3.26. The van der Waals surface area contributed by atoms with Gasteiger partial charge in [0, 0.05) is 45.1 Å². The van der Waals surface area contributed by atoms with E-state index in [1.165, 1.54) is 0 Å². The zero-order chi connectivity index (χ0) is 14.8. The highest BCUT2D eigenvalue weighted by atomic mass is 32.1. The first-order valence-corrected chi connectivity index (χ1v) is 8.12. The fraction of sp³-hybridized carbons (Fsp3) is 0.733. The van der Waals surface area contributed by atoms with Crippen molar-refractivity contribution in [2.24, 2.45) is 0 Å². The summed E-state index contributed by atoms with van der Waals surface area (Å²) >= 11 is 4.47. The molecule has 0 aromatic carbocycles. The molecule has 0 N–H and O–H groups in total. The number of oxazole rings is 1. The zero-order valence-electron chi connectivity index (χ0n) is 12.4. The molecule has 0 atom stereocenters. The molecule has 3 rings (SSSR count). The molecular weight excluding hydrogens is 288 g/mol. The maximum atomic E-state index is 11.4. The van der Waals surface area contributed by atoms with E-state index >= 15 is 0 Å². The normalized spacial score (nSPS) is 21.7. The van der Waals surface area contributed by atoms with Crippen molar-refractivity contribution in [2.45, 2.75) is 49.5 Å². The van der Waals surface area contributed by atoms with E-state index in [0.717, 1.165) is 63.6 Å². The van der Waals surface area contributed by atoms with Gasteiger partial charge in [-0.25, -0.2) is 4.98 Å². The summed E-state index contributed by atoms with van der Waals surface area (Å²) < 4.78 is 11.2. The van der Waals surface area contributed by atoms with E-state index in [1.54, 1.807) is 6.92 Å². The van der Waals surface area contributed by atoms with Crippen LogP contribution in [0.15, 0.2) is 9.51 Å². The Balaban J connectivity index is 1.68. The summed E-state index contributed by atoms with van der Waals surface area (Å²) in [4.78, 5) is 18.0. The first-order valence-electron chi connectivity index (χ1n) is 7.68. The van der Waals surface area contributed by atoms with Crippen molar-refractivity contribution < 1.29 is 13.9 Å². The quantitative estimate of drug-likeness (QED) is 0.853. The largest absolute Gasteiger partial charge is 0.434 e. The van der Waals surface area contributed by atoms with E-state index in [2.05, 4.69) is 12.6 Å². The Morgan fingerprint density at radius 3 is 2.48 bits per heavy atom. The van der Waals surface area contributed by atoms with E-state index < -0.39 is 0 Å². The molecule has 0 unspecified atom stereocenters. The van der Waals surface area contributed by atoms with Crippen LogP contribution in [0.1, 0.15) is 56.0 Å². The fourth-order valence-electron chi connectivity index (χ4n) is 3.19. The van der Waals surface area contributed by atoms with Crippen molar-refractivity contribution in [3.63, 3.8) is 0 Å². The highest BCUT2D eigenvalue weighted by Gasteiger charge is 2.29. The Morgan fingerprint density at radius 1 is 1.19 bits per heavy atom. The smallest absolute Gasteiger partial charge is 0.219 e. The zero-order valence-corrected chi connectivity index (χ0v) is 13.3. The number of thiol groups is 1. The number of aromatic nitrogens is 1. The Bertz CT molecular complexity index is 503. The van der Waals surface area contributed by atoms with Gasteiger partial charge in [-0.05, 0) is 25.7 Å². The summed E-state index contributed by atoms with van der Waals surface area (Å²) in [6, 6.07) is 0. The molecule has 2 fully saturated rings. The van der Waals surface area contributed by atoms with Gasteiger partial charge >= 0.3 is 0 Å². The fourth-order valence-corrected chi connectivity index (χ4v) is 3.52. The molecule has 1 aromatic rings. The molecule has 1 amide bonds. The molecule has 5 nitrogen and oxygen atoms in total. The van der Waals surface area contributed by atoms with E-state index in [-0.39, 0.29) is 5.91 Å². The number of ether oxygens (including phenoxy) is 1. The van der Waals surface area contributed by atoms with E-state index in [4.69, 9.17) is 14.1 Å². The van der Waals surface area contributed by atoms with Crippen LogP contribution < -0.4 is 0 Å². The van der Waals surface area contributed by atoms with E-state index in [0.29, 0.717) is 16.9 Å². The minimum atomic E-state index is 0.155. The third-order valence-electron chi connectivity index (χ3n) is 4.55. The van der Waals surface area contributed by atoms with Gasteiger partial charge in [-0.3, -0.25) is 4.79 Å². The lowest BCUT2D eigenvalue weighted by molar-refractivity contribution is -0.129. The summed E-state index contributed by atoms with van der Waals surface area (Å²) in [5.41, 5.74) is 0.975. The van der Waals surface area contributed by atoms with Gasteiger partial charge in [-0.15, -0.1) is 12.6 Å². The highest BCUT2D eigenvalue weighted by Crippen LogP contribution is 2.35. The molecule has 2 aliphatic heterocycles. The molecule has 2 saturated heterocycles. The van der Waals surface area contributed by atoms with Gasteiger partial charge in [-0.1, -0.05) is 0 Å². The lowest BCUT2D eigenvalue weighted by Gasteiger charge is -2.30. The van der Waals surface area contributed by atoms with Gasteiger partial charge in [0.1, 0.15) is 0 Å². The van der Waals surface area contributed by atoms with Crippen molar-refractivity contribution in [3.8, 4) is 0 Å². The minimum absolute atomic E-state index is 0.155. The van der Waals surface area contributed by atoms with Crippen LogP contribution in [-0.4, -0.2) is 42.1 Å². The van der Waals surface area contributed by atoms with Crippen LogP contribution in [0, 0.1) is 0 Å².